The van der Waals surface area contributed by atoms with Gasteiger partial charge in [0.05, 0.1) is 6.54 Å². The highest BCUT2D eigenvalue weighted by molar-refractivity contribution is 7.09. The molecule has 2 aromatic rings. The van der Waals surface area contributed by atoms with Crippen LogP contribution in [0.25, 0.3) is 0 Å². The average Bonchev–Trinajstić information content (AvgIpc) is 2.85. The monoisotopic (exact) mass is 277 g/mol. The minimum atomic E-state index is -1.07. The van der Waals surface area contributed by atoms with Crippen LogP contribution in [0.2, 0.25) is 0 Å². The second-order valence-electron chi connectivity index (χ2n) is 3.78. The summed E-state index contributed by atoms with van der Waals surface area (Å²) in [5, 5.41) is 13.4. The second kappa shape index (κ2) is 5.57. The maximum Gasteiger partial charge on any atom is 0.355 e. The number of carbonyl (C=O) groups is 2. The van der Waals surface area contributed by atoms with E-state index in [2.05, 4.69) is 15.3 Å². The maximum absolute atomic E-state index is 11.9. The summed E-state index contributed by atoms with van der Waals surface area (Å²) in [6.07, 6.45) is 1.55. The molecule has 0 bridgehead atoms. The van der Waals surface area contributed by atoms with Crippen LogP contribution in [0.4, 0.5) is 0 Å². The Morgan fingerprint density at radius 3 is 2.89 bits per heavy atom. The van der Waals surface area contributed by atoms with Gasteiger partial charge in [-0.1, -0.05) is 6.07 Å². The van der Waals surface area contributed by atoms with Crippen molar-refractivity contribution in [3.8, 4) is 0 Å². The van der Waals surface area contributed by atoms with Gasteiger partial charge in [-0.25, -0.2) is 9.78 Å². The van der Waals surface area contributed by atoms with Crippen LogP contribution in [0.3, 0.4) is 0 Å². The molecule has 7 heteroatoms. The van der Waals surface area contributed by atoms with Crippen LogP contribution in [0.15, 0.2) is 23.7 Å². The van der Waals surface area contributed by atoms with Gasteiger partial charge in [-0.05, 0) is 18.6 Å². The van der Waals surface area contributed by atoms with Gasteiger partial charge in [0, 0.05) is 11.6 Å². The molecule has 98 valence electrons. The lowest BCUT2D eigenvalue weighted by atomic mass is 10.2. The fourth-order valence-electron chi connectivity index (χ4n) is 1.45. The number of carboxylic acid groups (broad SMARTS) is 1. The number of hydrogen-bond donors (Lipinski definition) is 2. The molecule has 0 saturated heterocycles. The van der Waals surface area contributed by atoms with E-state index >= 15 is 0 Å². The van der Waals surface area contributed by atoms with Crippen LogP contribution in [-0.4, -0.2) is 27.0 Å². The normalized spacial score (nSPS) is 10.2. The molecule has 0 aliphatic carbocycles. The molecular weight excluding hydrogens is 266 g/mol. The van der Waals surface area contributed by atoms with Crippen molar-refractivity contribution in [2.75, 3.05) is 0 Å². The summed E-state index contributed by atoms with van der Waals surface area (Å²) in [6.45, 7) is 1.99. The van der Waals surface area contributed by atoms with E-state index in [-0.39, 0.29) is 18.1 Å². The highest BCUT2D eigenvalue weighted by atomic mass is 32.1. The molecule has 2 aromatic heterocycles. The van der Waals surface area contributed by atoms with E-state index in [0.29, 0.717) is 10.7 Å². The number of aromatic carboxylic acids is 1. The lowest BCUT2D eigenvalue weighted by Gasteiger charge is -2.04. The van der Waals surface area contributed by atoms with Gasteiger partial charge in [-0.3, -0.25) is 9.78 Å². The lowest BCUT2D eigenvalue weighted by Crippen LogP contribution is -2.24. The number of nitrogens with zero attached hydrogens (tertiary/aromatic N) is 2. The van der Waals surface area contributed by atoms with Gasteiger partial charge in [0.25, 0.3) is 5.91 Å². The Kier molecular flexibility index (Phi) is 3.86. The summed E-state index contributed by atoms with van der Waals surface area (Å²) < 4.78 is 0. The van der Waals surface area contributed by atoms with Crippen molar-refractivity contribution in [1.82, 2.24) is 15.3 Å². The summed E-state index contributed by atoms with van der Waals surface area (Å²) in [5.74, 6) is -1.38. The van der Waals surface area contributed by atoms with E-state index in [0.717, 1.165) is 5.56 Å². The van der Waals surface area contributed by atoms with Crippen molar-refractivity contribution in [1.29, 1.82) is 0 Å². The number of amides is 1. The molecule has 2 rings (SSSR count). The topological polar surface area (TPSA) is 92.2 Å². The first-order valence-corrected chi connectivity index (χ1v) is 6.33. The molecular formula is C12H11N3O3S. The molecule has 6 nitrogen and oxygen atoms in total. The number of rotatable bonds is 4. The van der Waals surface area contributed by atoms with Crippen molar-refractivity contribution in [3.63, 3.8) is 0 Å². The van der Waals surface area contributed by atoms with Crippen molar-refractivity contribution >= 4 is 23.2 Å². The van der Waals surface area contributed by atoms with E-state index in [4.69, 9.17) is 5.11 Å². The van der Waals surface area contributed by atoms with Crippen molar-refractivity contribution in [2.45, 2.75) is 13.5 Å². The summed E-state index contributed by atoms with van der Waals surface area (Å²) in [4.78, 5) is 30.4. The number of nitrogens with one attached hydrogen (secondary N) is 1. The van der Waals surface area contributed by atoms with Gasteiger partial charge in [-0.2, -0.15) is 0 Å². The Hall–Kier alpha value is -2.28. The van der Waals surface area contributed by atoms with E-state index < -0.39 is 5.97 Å². The van der Waals surface area contributed by atoms with E-state index in [9.17, 15) is 9.59 Å². The molecule has 0 atom stereocenters. The molecule has 2 heterocycles. The van der Waals surface area contributed by atoms with Gasteiger partial charge in [0.15, 0.2) is 5.69 Å². The zero-order chi connectivity index (χ0) is 13.8. The minimum Gasteiger partial charge on any atom is -0.476 e. The van der Waals surface area contributed by atoms with E-state index in [1.165, 1.54) is 16.7 Å². The molecule has 19 heavy (non-hydrogen) atoms. The molecule has 0 aliphatic rings. The van der Waals surface area contributed by atoms with Gasteiger partial charge in [-0.15, -0.1) is 11.3 Å². The fourth-order valence-corrected chi connectivity index (χ4v) is 2.16. The summed E-state index contributed by atoms with van der Waals surface area (Å²) in [7, 11) is 0. The molecule has 0 aromatic carbocycles. The molecule has 0 unspecified atom stereocenters. The highest BCUT2D eigenvalue weighted by Crippen LogP contribution is 2.10. The van der Waals surface area contributed by atoms with Crippen LogP contribution >= 0.6 is 11.3 Å². The fraction of sp³-hybridized carbons (Fsp3) is 0.167. The maximum atomic E-state index is 11.9. The lowest BCUT2D eigenvalue weighted by molar-refractivity contribution is 0.0691. The second-order valence-corrected chi connectivity index (χ2v) is 4.73. The molecule has 0 aliphatic heterocycles. The molecule has 0 fully saturated rings. The number of thiazole rings is 1. The van der Waals surface area contributed by atoms with Crippen LogP contribution in [-0.2, 0) is 6.54 Å². The highest BCUT2D eigenvalue weighted by Gasteiger charge is 2.12. The third-order valence-corrected chi connectivity index (χ3v) is 3.24. The van der Waals surface area contributed by atoms with Crippen LogP contribution in [0.5, 0.6) is 0 Å². The number of pyridine rings is 1. The number of aryl methyl sites for hydroxylation is 1. The first-order chi connectivity index (χ1) is 9.08. The standard InChI is InChI=1S/C12H11N3O3S/c1-7-3-2-4-13-10(7)11(16)14-5-9-15-8(6-19-9)12(17)18/h2-4,6H,5H2,1H3,(H,14,16)(H,17,18). The first-order valence-electron chi connectivity index (χ1n) is 5.45. The van der Waals surface area contributed by atoms with E-state index in [1.54, 1.807) is 25.3 Å². The average molecular weight is 277 g/mol. The Morgan fingerprint density at radius 2 is 2.26 bits per heavy atom. The largest absolute Gasteiger partial charge is 0.476 e. The van der Waals surface area contributed by atoms with Crippen molar-refractivity contribution < 1.29 is 14.7 Å². The zero-order valence-electron chi connectivity index (χ0n) is 10.1. The Balaban J connectivity index is 2.00. The summed E-state index contributed by atoms with van der Waals surface area (Å²) in [6, 6.07) is 3.56. The number of hydrogen-bond acceptors (Lipinski definition) is 5. The zero-order valence-corrected chi connectivity index (χ0v) is 10.9. The van der Waals surface area contributed by atoms with Gasteiger partial charge >= 0.3 is 5.97 Å². The molecule has 0 saturated carbocycles. The smallest absolute Gasteiger partial charge is 0.355 e. The molecule has 0 radical (unpaired) electrons. The Bertz CT molecular complexity index is 624. The van der Waals surface area contributed by atoms with Crippen molar-refractivity contribution in [2.24, 2.45) is 0 Å². The minimum absolute atomic E-state index is 0.0109. The molecule has 1 amide bonds. The molecule has 0 spiro atoms. The van der Waals surface area contributed by atoms with Crippen LogP contribution in [0, 0.1) is 6.92 Å². The van der Waals surface area contributed by atoms with Gasteiger partial charge in [0.1, 0.15) is 10.7 Å². The third-order valence-electron chi connectivity index (χ3n) is 2.40. The number of carboxylic acids is 1. The van der Waals surface area contributed by atoms with E-state index in [1.807, 2.05) is 0 Å². The molecule has 2 N–H and O–H groups in total. The third kappa shape index (κ3) is 3.14. The number of aromatic nitrogens is 2. The Labute approximate surface area is 113 Å². The summed E-state index contributed by atoms with van der Waals surface area (Å²) >= 11 is 1.19. The van der Waals surface area contributed by atoms with Gasteiger partial charge < -0.3 is 10.4 Å². The number of carbonyl (C=O) groups excluding carboxylic acids is 1. The van der Waals surface area contributed by atoms with Crippen LogP contribution in [0.1, 0.15) is 31.5 Å². The SMILES string of the molecule is Cc1cccnc1C(=O)NCc1nc(C(=O)O)cs1. The summed E-state index contributed by atoms with van der Waals surface area (Å²) in [5.41, 5.74) is 1.13. The Morgan fingerprint density at radius 1 is 1.47 bits per heavy atom. The predicted octanol–water partition coefficient (Wildman–Crippen LogP) is 1.47. The quantitative estimate of drug-likeness (QED) is 0.883. The first kappa shape index (κ1) is 13.2. The van der Waals surface area contributed by atoms with Crippen molar-refractivity contribution in [3.05, 3.63) is 45.7 Å². The van der Waals surface area contributed by atoms with Crippen LogP contribution < -0.4 is 5.32 Å². The predicted molar refractivity (Wildman–Crippen MR) is 69.2 cm³/mol. The van der Waals surface area contributed by atoms with Gasteiger partial charge in [0.2, 0.25) is 0 Å².